The van der Waals surface area contributed by atoms with Gasteiger partial charge in [0, 0.05) is 51.1 Å². The zero-order valence-electron chi connectivity index (χ0n) is 20.6. The number of amides is 2. The van der Waals surface area contributed by atoms with Crippen LogP contribution in [0.1, 0.15) is 56.9 Å². The topological polar surface area (TPSA) is 55.9 Å². The predicted octanol–water partition coefficient (Wildman–Crippen LogP) is 3.30. The van der Waals surface area contributed by atoms with Crippen LogP contribution >= 0.6 is 0 Å². The van der Waals surface area contributed by atoms with Crippen molar-refractivity contribution in [3.05, 3.63) is 35.4 Å². The molecule has 4 aliphatic rings. The number of likely N-dealkylation sites (N-methyl/N-ethyl adjacent to an activating group) is 1. The maximum Gasteiger partial charge on any atom is 0.248 e. The molecule has 6 nitrogen and oxygen atoms in total. The van der Waals surface area contributed by atoms with Crippen LogP contribution in [-0.2, 0) is 16.1 Å². The first kappa shape index (κ1) is 25.4. The van der Waals surface area contributed by atoms with Gasteiger partial charge in [-0.25, -0.2) is 17.6 Å². The van der Waals surface area contributed by atoms with E-state index in [0.717, 1.165) is 6.07 Å². The van der Waals surface area contributed by atoms with E-state index in [1.165, 1.54) is 6.07 Å². The Hall–Kier alpha value is -2.20. The number of hydrogen-bond donors (Lipinski definition) is 1. The van der Waals surface area contributed by atoms with Crippen molar-refractivity contribution in [2.45, 2.75) is 87.5 Å². The van der Waals surface area contributed by atoms with Gasteiger partial charge < -0.3 is 10.2 Å². The standard InChI is InChI=1S/C26H34F4N4O2/c1-32(18-4-6-26(29,30)7-5-18)19-13-22-24(36)31-25(14-23(35)34(22)16-19)8-10-33(11-9-25)15-17-2-3-20(27)21(28)12-17/h2-3,12,18-19,22H,4-11,13-16H2,1H3,(H,31,36)/t19-,22-/m0/s1. The van der Waals surface area contributed by atoms with Gasteiger partial charge in [-0.2, -0.15) is 0 Å². The summed E-state index contributed by atoms with van der Waals surface area (Å²) >= 11 is 0. The summed E-state index contributed by atoms with van der Waals surface area (Å²) in [6, 6.07) is 3.39. The van der Waals surface area contributed by atoms with Gasteiger partial charge in [-0.1, -0.05) is 6.07 Å². The fourth-order valence-corrected chi connectivity index (χ4v) is 6.48. The van der Waals surface area contributed by atoms with Gasteiger partial charge in [-0.3, -0.25) is 19.4 Å². The van der Waals surface area contributed by atoms with Crippen molar-refractivity contribution in [3.63, 3.8) is 0 Å². The molecule has 3 aliphatic heterocycles. The van der Waals surface area contributed by atoms with Crippen molar-refractivity contribution >= 4 is 11.8 Å². The normalized spacial score (nSPS) is 28.9. The van der Waals surface area contributed by atoms with E-state index in [1.54, 1.807) is 11.0 Å². The number of hydrogen-bond acceptors (Lipinski definition) is 4. The molecule has 1 aromatic carbocycles. The highest BCUT2D eigenvalue weighted by atomic mass is 19.3. The fraction of sp³-hybridized carbons (Fsp3) is 0.692. The number of alkyl halides is 2. The average Bonchev–Trinajstić information content (AvgIpc) is 3.25. The van der Waals surface area contributed by atoms with E-state index >= 15 is 0 Å². The van der Waals surface area contributed by atoms with E-state index in [4.69, 9.17) is 0 Å². The van der Waals surface area contributed by atoms with Crippen molar-refractivity contribution in [3.8, 4) is 0 Å². The molecule has 36 heavy (non-hydrogen) atoms. The molecule has 2 atom stereocenters. The second-order valence-corrected chi connectivity index (χ2v) is 11.2. The van der Waals surface area contributed by atoms with Crippen LogP contribution in [0.2, 0.25) is 0 Å². The summed E-state index contributed by atoms with van der Waals surface area (Å²) in [4.78, 5) is 32.5. The quantitative estimate of drug-likeness (QED) is 0.632. The van der Waals surface area contributed by atoms with E-state index in [2.05, 4.69) is 15.1 Å². The number of nitrogens with zero attached hydrogens (tertiary/aromatic N) is 3. The van der Waals surface area contributed by atoms with E-state index in [0.29, 0.717) is 63.8 Å². The lowest BCUT2D eigenvalue weighted by Gasteiger charge is -2.41. The Morgan fingerprint density at radius 3 is 2.39 bits per heavy atom. The first-order valence-corrected chi connectivity index (χ1v) is 12.9. The zero-order valence-corrected chi connectivity index (χ0v) is 20.6. The van der Waals surface area contributed by atoms with Gasteiger partial charge in [0.15, 0.2) is 11.6 Å². The summed E-state index contributed by atoms with van der Waals surface area (Å²) in [5.74, 6) is -4.50. The third-order valence-corrected chi connectivity index (χ3v) is 8.82. The lowest BCUT2D eigenvalue weighted by Crippen LogP contribution is -2.56. The lowest BCUT2D eigenvalue weighted by atomic mass is 9.83. The Labute approximate surface area is 209 Å². The maximum absolute atomic E-state index is 13.6. The summed E-state index contributed by atoms with van der Waals surface area (Å²) in [5.41, 5.74) is 0.0858. The monoisotopic (exact) mass is 510 g/mol. The molecule has 0 aromatic heterocycles. The molecule has 3 saturated heterocycles. The van der Waals surface area contributed by atoms with Gasteiger partial charge in [0.05, 0.1) is 12.0 Å². The van der Waals surface area contributed by atoms with Crippen LogP contribution in [0.15, 0.2) is 18.2 Å². The van der Waals surface area contributed by atoms with E-state index in [-0.39, 0.29) is 43.2 Å². The number of benzene rings is 1. The van der Waals surface area contributed by atoms with Crippen molar-refractivity contribution in [2.24, 2.45) is 0 Å². The maximum atomic E-state index is 13.6. The van der Waals surface area contributed by atoms with E-state index < -0.39 is 29.1 Å². The zero-order chi connectivity index (χ0) is 25.7. The molecule has 1 aromatic rings. The SMILES string of the molecule is CN(C1CCC(F)(F)CC1)[C@H]1C[C@H]2C(=O)NC3(CCN(Cc4ccc(F)c(F)c4)CC3)CC(=O)N2C1. The molecule has 5 rings (SSSR count). The van der Waals surface area contributed by atoms with E-state index in [9.17, 15) is 27.2 Å². The lowest BCUT2D eigenvalue weighted by molar-refractivity contribution is -0.135. The number of rotatable bonds is 4. The van der Waals surface area contributed by atoms with Crippen LogP contribution in [-0.4, -0.2) is 82.8 Å². The van der Waals surface area contributed by atoms with Gasteiger partial charge in [-0.05, 0) is 56.8 Å². The second kappa shape index (κ2) is 9.59. The minimum absolute atomic E-state index is 0.0200. The van der Waals surface area contributed by atoms with Crippen molar-refractivity contribution in [1.82, 2.24) is 20.0 Å². The largest absolute Gasteiger partial charge is 0.348 e. The molecule has 198 valence electrons. The molecule has 0 radical (unpaired) electrons. The highest BCUT2D eigenvalue weighted by molar-refractivity contribution is 5.92. The molecule has 0 bridgehead atoms. The van der Waals surface area contributed by atoms with Crippen LogP contribution in [0, 0.1) is 11.6 Å². The number of carbonyl (C=O) groups is 2. The molecular weight excluding hydrogens is 476 g/mol. The van der Waals surface area contributed by atoms with E-state index in [1.807, 2.05) is 7.05 Å². The van der Waals surface area contributed by atoms with Gasteiger partial charge in [-0.15, -0.1) is 0 Å². The van der Waals surface area contributed by atoms with Gasteiger partial charge in [0.1, 0.15) is 6.04 Å². The molecule has 1 N–H and O–H groups in total. The van der Waals surface area contributed by atoms with Crippen LogP contribution in [0.3, 0.4) is 0 Å². The summed E-state index contributed by atoms with van der Waals surface area (Å²) in [6.07, 6.45) is 2.58. The molecule has 1 aliphatic carbocycles. The number of halogens is 4. The Balaban J connectivity index is 1.18. The molecule has 10 heteroatoms. The third kappa shape index (κ3) is 5.11. The predicted molar refractivity (Wildman–Crippen MR) is 125 cm³/mol. The smallest absolute Gasteiger partial charge is 0.248 e. The summed E-state index contributed by atoms with van der Waals surface area (Å²) in [6.45, 7) is 2.19. The Bertz CT molecular complexity index is 976. The van der Waals surface area contributed by atoms with Crippen LogP contribution in [0.5, 0.6) is 0 Å². The molecule has 2 amide bonds. The van der Waals surface area contributed by atoms with Crippen LogP contribution in [0.25, 0.3) is 0 Å². The molecule has 4 fully saturated rings. The van der Waals surface area contributed by atoms with Crippen molar-refractivity contribution < 1.29 is 27.2 Å². The average molecular weight is 511 g/mol. The first-order chi connectivity index (χ1) is 17.0. The third-order valence-electron chi connectivity index (χ3n) is 8.82. The van der Waals surface area contributed by atoms with Crippen molar-refractivity contribution in [1.29, 1.82) is 0 Å². The Morgan fingerprint density at radius 1 is 1.03 bits per heavy atom. The van der Waals surface area contributed by atoms with Gasteiger partial charge >= 0.3 is 0 Å². The number of fused-ring (bicyclic) bond motifs is 1. The number of piperidine rings is 1. The molecule has 3 heterocycles. The highest BCUT2D eigenvalue weighted by Crippen LogP contribution is 2.38. The Morgan fingerprint density at radius 2 is 1.72 bits per heavy atom. The molecule has 1 saturated carbocycles. The number of likely N-dealkylation sites (tertiary alicyclic amines) is 1. The summed E-state index contributed by atoms with van der Waals surface area (Å²) < 4.78 is 54.0. The first-order valence-electron chi connectivity index (χ1n) is 12.9. The number of carbonyl (C=O) groups excluding carboxylic acids is 2. The van der Waals surface area contributed by atoms with Gasteiger partial charge in [0.25, 0.3) is 0 Å². The Kier molecular flexibility index (Phi) is 6.78. The summed E-state index contributed by atoms with van der Waals surface area (Å²) in [7, 11) is 1.93. The van der Waals surface area contributed by atoms with Crippen LogP contribution < -0.4 is 5.32 Å². The fourth-order valence-electron chi connectivity index (χ4n) is 6.48. The minimum Gasteiger partial charge on any atom is -0.348 e. The molecule has 0 unspecified atom stereocenters. The second-order valence-electron chi connectivity index (χ2n) is 11.2. The highest BCUT2D eigenvalue weighted by Gasteiger charge is 2.50. The molecular formula is C26H34F4N4O2. The van der Waals surface area contributed by atoms with Crippen molar-refractivity contribution in [2.75, 3.05) is 26.7 Å². The van der Waals surface area contributed by atoms with Gasteiger partial charge in [0.2, 0.25) is 17.7 Å². The minimum atomic E-state index is -2.59. The van der Waals surface area contributed by atoms with Crippen LogP contribution in [0.4, 0.5) is 17.6 Å². The molecule has 1 spiro atoms. The number of nitrogens with one attached hydrogen (secondary N) is 1. The summed E-state index contributed by atoms with van der Waals surface area (Å²) in [5, 5.41) is 3.19.